The summed E-state index contributed by atoms with van der Waals surface area (Å²) in [6.07, 6.45) is 1.02. The maximum absolute atomic E-state index is 14.0. The van der Waals surface area contributed by atoms with E-state index in [0.717, 1.165) is 23.0 Å². The fraction of sp³-hybridized carbons (Fsp3) is 0.250. The van der Waals surface area contributed by atoms with Crippen LogP contribution in [0.25, 0.3) is 0 Å². The van der Waals surface area contributed by atoms with Gasteiger partial charge in [0.25, 0.3) is 0 Å². The average Bonchev–Trinajstić information content (AvgIpc) is 2.43. The summed E-state index contributed by atoms with van der Waals surface area (Å²) >= 11 is 3.42. The Hall–Kier alpha value is -1.19. The monoisotopic (exact) mass is 321 g/mol. The van der Waals surface area contributed by atoms with Crippen LogP contribution in [0.2, 0.25) is 0 Å². The molecule has 1 unspecified atom stereocenters. The third-order valence-corrected chi connectivity index (χ3v) is 3.55. The molecule has 19 heavy (non-hydrogen) atoms. The minimum Gasteiger partial charge on any atom is -0.306 e. The summed E-state index contributed by atoms with van der Waals surface area (Å²) in [7, 11) is 0. The third-order valence-electron chi connectivity index (χ3n) is 3.02. The Labute approximate surface area is 122 Å². The van der Waals surface area contributed by atoms with Crippen molar-refractivity contribution in [3.8, 4) is 0 Å². The van der Waals surface area contributed by atoms with Crippen LogP contribution < -0.4 is 5.32 Å². The van der Waals surface area contributed by atoms with E-state index in [-0.39, 0.29) is 11.9 Å². The predicted octanol–water partition coefficient (Wildman–Crippen LogP) is 4.68. The van der Waals surface area contributed by atoms with Gasteiger partial charge in [-0.05, 0) is 36.7 Å². The van der Waals surface area contributed by atoms with Crippen LogP contribution in [-0.2, 0) is 0 Å². The van der Waals surface area contributed by atoms with Gasteiger partial charge in [0.2, 0.25) is 0 Å². The molecule has 100 valence electrons. The lowest BCUT2D eigenvalue weighted by atomic mass is 9.98. The number of hydrogen-bond acceptors (Lipinski definition) is 1. The van der Waals surface area contributed by atoms with Gasteiger partial charge in [0.05, 0.1) is 6.04 Å². The van der Waals surface area contributed by atoms with Gasteiger partial charge in [-0.3, -0.25) is 0 Å². The highest BCUT2D eigenvalue weighted by Gasteiger charge is 2.16. The topological polar surface area (TPSA) is 12.0 Å². The second-order valence-corrected chi connectivity index (χ2v) is 5.38. The zero-order valence-electron chi connectivity index (χ0n) is 10.9. The molecule has 0 aliphatic carbocycles. The van der Waals surface area contributed by atoms with E-state index in [2.05, 4.69) is 28.2 Å². The van der Waals surface area contributed by atoms with Gasteiger partial charge in [-0.25, -0.2) is 4.39 Å². The van der Waals surface area contributed by atoms with E-state index >= 15 is 0 Å². The molecule has 0 aliphatic heterocycles. The summed E-state index contributed by atoms with van der Waals surface area (Å²) in [5, 5.41) is 3.41. The van der Waals surface area contributed by atoms with Crippen LogP contribution >= 0.6 is 15.9 Å². The van der Waals surface area contributed by atoms with E-state index < -0.39 is 0 Å². The molecule has 2 aromatic carbocycles. The highest BCUT2D eigenvalue weighted by molar-refractivity contribution is 9.10. The lowest BCUT2D eigenvalue weighted by Crippen LogP contribution is -2.24. The second kappa shape index (κ2) is 6.83. The molecule has 1 N–H and O–H groups in total. The van der Waals surface area contributed by atoms with Crippen molar-refractivity contribution in [2.75, 3.05) is 6.54 Å². The van der Waals surface area contributed by atoms with Gasteiger partial charge in [-0.1, -0.05) is 53.2 Å². The fourth-order valence-electron chi connectivity index (χ4n) is 2.06. The van der Waals surface area contributed by atoms with E-state index in [0.29, 0.717) is 5.56 Å². The molecule has 0 radical (unpaired) electrons. The maximum atomic E-state index is 14.0. The number of halogens is 2. The molecule has 0 heterocycles. The zero-order chi connectivity index (χ0) is 13.7. The number of hydrogen-bond donors (Lipinski definition) is 1. The summed E-state index contributed by atoms with van der Waals surface area (Å²) in [5.41, 5.74) is 1.76. The van der Waals surface area contributed by atoms with Crippen molar-refractivity contribution in [3.63, 3.8) is 0 Å². The quantitative estimate of drug-likeness (QED) is 0.843. The van der Waals surface area contributed by atoms with Gasteiger partial charge in [-0.2, -0.15) is 0 Å². The summed E-state index contributed by atoms with van der Waals surface area (Å²) in [5.74, 6) is -0.168. The molecule has 2 rings (SSSR count). The Morgan fingerprint density at radius 3 is 2.42 bits per heavy atom. The molecule has 0 saturated heterocycles. The van der Waals surface area contributed by atoms with Crippen molar-refractivity contribution in [1.29, 1.82) is 0 Å². The molecule has 0 aromatic heterocycles. The van der Waals surface area contributed by atoms with Crippen LogP contribution in [0.3, 0.4) is 0 Å². The SMILES string of the molecule is CCCNC(c1ccc(Br)cc1)c1ccccc1F. The first-order chi connectivity index (χ1) is 9.22. The lowest BCUT2D eigenvalue weighted by Gasteiger charge is -2.20. The molecule has 0 amide bonds. The summed E-state index contributed by atoms with van der Waals surface area (Å²) < 4.78 is 15.0. The van der Waals surface area contributed by atoms with E-state index in [1.165, 1.54) is 6.07 Å². The van der Waals surface area contributed by atoms with Gasteiger partial charge >= 0.3 is 0 Å². The smallest absolute Gasteiger partial charge is 0.128 e. The predicted molar refractivity (Wildman–Crippen MR) is 80.7 cm³/mol. The standard InChI is InChI=1S/C16H17BrFN/c1-2-11-19-16(12-7-9-13(17)10-8-12)14-5-3-4-6-15(14)18/h3-10,16,19H,2,11H2,1H3. The fourth-order valence-corrected chi connectivity index (χ4v) is 2.32. The van der Waals surface area contributed by atoms with Crippen molar-refractivity contribution < 1.29 is 4.39 Å². The van der Waals surface area contributed by atoms with Gasteiger partial charge in [0.1, 0.15) is 5.82 Å². The Morgan fingerprint density at radius 1 is 1.11 bits per heavy atom. The number of rotatable bonds is 5. The van der Waals surface area contributed by atoms with Crippen molar-refractivity contribution in [2.45, 2.75) is 19.4 Å². The molecule has 0 fully saturated rings. The Kier molecular flexibility index (Phi) is 5.11. The summed E-state index contributed by atoms with van der Waals surface area (Å²) in [6.45, 7) is 2.96. The number of benzene rings is 2. The summed E-state index contributed by atoms with van der Waals surface area (Å²) in [4.78, 5) is 0. The third kappa shape index (κ3) is 3.64. The molecule has 0 aliphatic rings. The number of nitrogens with one attached hydrogen (secondary N) is 1. The van der Waals surface area contributed by atoms with Crippen LogP contribution in [0.1, 0.15) is 30.5 Å². The molecule has 1 atom stereocenters. The molecular formula is C16H17BrFN. The van der Waals surface area contributed by atoms with Crippen LogP contribution in [-0.4, -0.2) is 6.54 Å². The van der Waals surface area contributed by atoms with Crippen molar-refractivity contribution in [1.82, 2.24) is 5.32 Å². The maximum Gasteiger partial charge on any atom is 0.128 e. The van der Waals surface area contributed by atoms with Gasteiger partial charge in [0.15, 0.2) is 0 Å². The summed E-state index contributed by atoms with van der Waals surface area (Å²) in [6, 6.07) is 14.8. The highest BCUT2D eigenvalue weighted by atomic mass is 79.9. The van der Waals surface area contributed by atoms with Gasteiger partial charge in [0, 0.05) is 10.0 Å². The first kappa shape index (κ1) is 14.2. The van der Waals surface area contributed by atoms with Crippen LogP contribution in [0.5, 0.6) is 0 Å². The molecule has 0 spiro atoms. The van der Waals surface area contributed by atoms with Crippen molar-refractivity contribution >= 4 is 15.9 Å². The molecular weight excluding hydrogens is 305 g/mol. The Bertz CT molecular complexity index is 525. The minimum atomic E-state index is -0.168. The first-order valence-corrected chi connectivity index (χ1v) is 7.25. The average molecular weight is 322 g/mol. The molecule has 3 heteroatoms. The molecule has 0 saturated carbocycles. The Balaban J connectivity index is 2.35. The first-order valence-electron chi connectivity index (χ1n) is 6.45. The molecule has 1 nitrogen and oxygen atoms in total. The minimum absolute atomic E-state index is 0.103. The van der Waals surface area contributed by atoms with E-state index in [1.807, 2.05) is 36.4 Å². The lowest BCUT2D eigenvalue weighted by molar-refractivity contribution is 0.547. The van der Waals surface area contributed by atoms with Crippen LogP contribution in [0.4, 0.5) is 4.39 Å². The van der Waals surface area contributed by atoms with Crippen molar-refractivity contribution in [3.05, 3.63) is 69.9 Å². The normalized spacial score (nSPS) is 12.4. The van der Waals surface area contributed by atoms with E-state index in [1.54, 1.807) is 6.07 Å². The largest absolute Gasteiger partial charge is 0.306 e. The molecule has 0 bridgehead atoms. The zero-order valence-corrected chi connectivity index (χ0v) is 12.5. The highest BCUT2D eigenvalue weighted by Crippen LogP contribution is 2.25. The van der Waals surface area contributed by atoms with Crippen LogP contribution in [0.15, 0.2) is 53.0 Å². The van der Waals surface area contributed by atoms with E-state index in [4.69, 9.17) is 0 Å². The van der Waals surface area contributed by atoms with Gasteiger partial charge in [-0.15, -0.1) is 0 Å². The Morgan fingerprint density at radius 2 is 1.79 bits per heavy atom. The van der Waals surface area contributed by atoms with Crippen molar-refractivity contribution in [2.24, 2.45) is 0 Å². The molecule has 2 aromatic rings. The second-order valence-electron chi connectivity index (χ2n) is 4.46. The van der Waals surface area contributed by atoms with E-state index in [9.17, 15) is 4.39 Å². The van der Waals surface area contributed by atoms with Gasteiger partial charge < -0.3 is 5.32 Å². The van der Waals surface area contributed by atoms with Crippen LogP contribution in [0, 0.1) is 5.82 Å².